The quantitative estimate of drug-likeness (QED) is 0.573. The summed E-state index contributed by atoms with van der Waals surface area (Å²) in [4.78, 5) is 9.78. The van der Waals surface area contributed by atoms with Crippen LogP contribution in [0.25, 0.3) is 0 Å². The van der Waals surface area contributed by atoms with E-state index in [1.807, 2.05) is 0 Å². The zero-order chi connectivity index (χ0) is 6.57. The lowest BCUT2D eigenvalue weighted by molar-refractivity contribution is 0.0917. The molecule has 0 aliphatic carbocycles. The van der Waals surface area contributed by atoms with E-state index >= 15 is 0 Å². The highest BCUT2D eigenvalue weighted by molar-refractivity contribution is 6.61. The highest BCUT2D eigenvalue weighted by atomic mass is 35.5. The van der Waals surface area contributed by atoms with E-state index < -0.39 is 11.5 Å². The molecule has 0 aromatic carbocycles. The van der Waals surface area contributed by atoms with E-state index in [0.717, 1.165) is 0 Å². The molecule has 1 unspecified atom stereocenters. The Hall–Kier alpha value is -0.280. The van der Waals surface area contributed by atoms with E-state index in [1.165, 1.54) is 6.92 Å². The van der Waals surface area contributed by atoms with Gasteiger partial charge in [0.25, 0.3) is 0 Å². The molecule has 3 nitrogen and oxygen atoms in total. The van der Waals surface area contributed by atoms with Gasteiger partial charge in [-0.05, 0) is 6.92 Å². The van der Waals surface area contributed by atoms with Crippen LogP contribution >= 0.6 is 11.6 Å². The second-order valence-electron chi connectivity index (χ2n) is 1.40. The lowest BCUT2D eigenvalue weighted by atomic mass is 10.5. The molecule has 48 valence electrons. The van der Waals surface area contributed by atoms with Crippen molar-refractivity contribution in [3.8, 4) is 0 Å². The lowest BCUT2D eigenvalue weighted by Crippen LogP contribution is -2.10. The smallest absolute Gasteiger partial charge is 0.403 e. The highest BCUT2D eigenvalue weighted by Gasteiger charge is 1.98. The highest BCUT2D eigenvalue weighted by Crippen LogP contribution is 1.88. The first-order valence-corrected chi connectivity index (χ1v) is 2.51. The Morgan fingerprint density at radius 1 is 2.00 bits per heavy atom. The van der Waals surface area contributed by atoms with Crippen LogP contribution in [-0.4, -0.2) is 23.2 Å². The predicted octanol–water partition coefficient (Wildman–Crippen LogP) is 0.743. The van der Waals surface area contributed by atoms with Crippen LogP contribution < -0.4 is 0 Å². The van der Waals surface area contributed by atoms with E-state index in [9.17, 15) is 4.79 Å². The van der Waals surface area contributed by atoms with E-state index in [2.05, 4.69) is 4.74 Å². The Bertz CT molecular complexity index is 81.4. The van der Waals surface area contributed by atoms with Gasteiger partial charge in [0.2, 0.25) is 0 Å². The van der Waals surface area contributed by atoms with Gasteiger partial charge in [0.1, 0.15) is 6.61 Å². The number of hydrogen-bond donors (Lipinski definition) is 1. The van der Waals surface area contributed by atoms with Crippen LogP contribution in [0.2, 0.25) is 0 Å². The van der Waals surface area contributed by atoms with Crippen molar-refractivity contribution in [1.82, 2.24) is 0 Å². The van der Waals surface area contributed by atoms with Gasteiger partial charge < -0.3 is 9.84 Å². The van der Waals surface area contributed by atoms with Crippen molar-refractivity contribution in [3.63, 3.8) is 0 Å². The van der Waals surface area contributed by atoms with Gasteiger partial charge in [-0.25, -0.2) is 4.79 Å². The number of ether oxygens (including phenoxy) is 1. The molecule has 0 spiro atoms. The normalized spacial score (nSPS) is 12.9. The fourth-order valence-corrected chi connectivity index (χ4v) is 0.249. The first-order valence-electron chi connectivity index (χ1n) is 2.13. The van der Waals surface area contributed by atoms with Crippen LogP contribution in [-0.2, 0) is 4.74 Å². The molecule has 0 aromatic rings. The van der Waals surface area contributed by atoms with Crippen LogP contribution in [0.5, 0.6) is 0 Å². The van der Waals surface area contributed by atoms with E-state index in [4.69, 9.17) is 16.7 Å². The third-order valence-corrected chi connectivity index (χ3v) is 0.547. The first-order chi connectivity index (χ1) is 3.63. The average Bonchev–Trinajstić information content (AvgIpc) is 1.61. The second kappa shape index (κ2) is 3.69. The van der Waals surface area contributed by atoms with Crippen LogP contribution in [0, 0.1) is 0 Å². The van der Waals surface area contributed by atoms with E-state index in [1.54, 1.807) is 0 Å². The van der Waals surface area contributed by atoms with Crippen molar-refractivity contribution in [3.05, 3.63) is 0 Å². The van der Waals surface area contributed by atoms with Gasteiger partial charge in [-0.2, -0.15) is 0 Å². The van der Waals surface area contributed by atoms with Gasteiger partial charge in [0, 0.05) is 11.6 Å². The number of carbonyl (C=O) groups excluding carboxylic acids is 1. The van der Waals surface area contributed by atoms with Crippen molar-refractivity contribution in [2.75, 3.05) is 6.61 Å². The molecule has 4 heteroatoms. The van der Waals surface area contributed by atoms with E-state index in [-0.39, 0.29) is 6.61 Å². The molecule has 0 radical (unpaired) electrons. The molecule has 0 saturated carbocycles. The van der Waals surface area contributed by atoms with Crippen LogP contribution in [0.3, 0.4) is 0 Å². The van der Waals surface area contributed by atoms with Crippen LogP contribution in [0.1, 0.15) is 6.92 Å². The van der Waals surface area contributed by atoms with Crippen molar-refractivity contribution in [2.45, 2.75) is 13.0 Å². The summed E-state index contributed by atoms with van der Waals surface area (Å²) in [6.45, 7) is 1.46. The number of rotatable bonds is 2. The fraction of sp³-hybridized carbons (Fsp3) is 0.750. The van der Waals surface area contributed by atoms with Crippen molar-refractivity contribution < 1.29 is 14.6 Å². The SMILES string of the molecule is CC(O)COC(=O)Cl. The van der Waals surface area contributed by atoms with Gasteiger partial charge >= 0.3 is 5.43 Å². The molecule has 0 heterocycles. The van der Waals surface area contributed by atoms with Gasteiger partial charge in [0.15, 0.2) is 0 Å². The van der Waals surface area contributed by atoms with E-state index in [0.29, 0.717) is 0 Å². The molecule has 0 amide bonds. The molecule has 0 aromatic heterocycles. The Kier molecular flexibility index (Phi) is 3.56. The maximum Gasteiger partial charge on any atom is 0.403 e. The fourth-order valence-electron chi connectivity index (χ4n) is 0.186. The summed E-state index contributed by atoms with van der Waals surface area (Å²) in [6.07, 6.45) is -0.641. The molecule has 1 N–H and O–H groups in total. The number of aliphatic hydroxyl groups excluding tert-OH is 1. The summed E-state index contributed by atoms with van der Waals surface area (Å²) in [5, 5.41) is 8.47. The molecule has 0 aliphatic rings. The van der Waals surface area contributed by atoms with Crippen molar-refractivity contribution in [1.29, 1.82) is 0 Å². The van der Waals surface area contributed by atoms with Crippen molar-refractivity contribution >= 4 is 17.0 Å². The minimum absolute atomic E-state index is 0.0394. The Morgan fingerprint density at radius 2 is 2.50 bits per heavy atom. The van der Waals surface area contributed by atoms with Gasteiger partial charge in [0.05, 0.1) is 6.10 Å². The molecule has 0 saturated heterocycles. The molecular weight excluding hydrogens is 131 g/mol. The largest absolute Gasteiger partial charge is 0.451 e. The van der Waals surface area contributed by atoms with Crippen LogP contribution in [0.4, 0.5) is 4.79 Å². The molecule has 8 heavy (non-hydrogen) atoms. The summed E-state index contributed by atoms with van der Waals surface area (Å²) in [5.41, 5.74) is -0.883. The molecule has 0 bridgehead atoms. The van der Waals surface area contributed by atoms with Crippen LogP contribution in [0.15, 0.2) is 0 Å². The zero-order valence-electron chi connectivity index (χ0n) is 4.43. The zero-order valence-corrected chi connectivity index (χ0v) is 5.18. The van der Waals surface area contributed by atoms with Gasteiger partial charge in [-0.1, -0.05) is 0 Å². The lowest BCUT2D eigenvalue weighted by Gasteiger charge is -2.00. The monoisotopic (exact) mass is 138 g/mol. The minimum Gasteiger partial charge on any atom is -0.451 e. The Morgan fingerprint density at radius 3 is 2.62 bits per heavy atom. The average molecular weight is 139 g/mol. The number of halogens is 1. The number of carbonyl (C=O) groups is 1. The minimum atomic E-state index is -0.883. The number of hydrogen-bond acceptors (Lipinski definition) is 3. The standard InChI is InChI=1S/C4H7ClO3/c1-3(6)2-8-4(5)7/h3,6H,2H2,1H3. The molecule has 0 aliphatic heterocycles. The topological polar surface area (TPSA) is 46.5 Å². The maximum atomic E-state index is 9.78. The summed E-state index contributed by atoms with van der Waals surface area (Å²) >= 11 is 4.75. The summed E-state index contributed by atoms with van der Waals surface area (Å²) < 4.78 is 4.18. The summed E-state index contributed by atoms with van der Waals surface area (Å²) in [7, 11) is 0. The Balaban J connectivity index is 3.05. The molecule has 1 atom stereocenters. The summed E-state index contributed by atoms with van der Waals surface area (Å²) in [6, 6.07) is 0. The number of aliphatic hydroxyl groups is 1. The Labute approximate surface area is 52.2 Å². The van der Waals surface area contributed by atoms with Crippen molar-refractivity contribution in [2.24, 2.45) is 0 Å². The van der Waals surface area contributed by atoms with Gasteiger partial charge in [-0.3, -0.25) is 0 Å². The van der Waals surface area contributed by atoms with Gasteiger partial charge in [-0.15, -0.1) is 0 Å². The third-order valence-electron chi connectivity index (χ3n) is 0.438. The molecule has 0 rings (SSSR count). The third kappa shape index (κ3) is 5.72. The maximum absolute atomic E-state index is 9.78. The second-order valence-corrected chi connectivity index (χ2v) is 1.71. The first kappa shape index (κ1) is 7.72. The summed E-state index contributed by atoms with van der Waals surface area (Å²) in [5.74, 6) is 0. The molecular formula is C4H7ClO3. The predicted molar refractivity (Wildman–Crippen MR) is 28.9 cm³/mol. The molecule has 0 fully saturated rings.